The van der Waals surface area contributed by atoms with Gasteiger partial charge >= 0.3 is 0 Å². The summed E-state index contributed by atoms with van der Waals surface area (Å²) in [4.78, 5) is 0. The molecule has 8 heteroatoms. The van der Waals surface area contributed by atoms with Gasteiger partial charge in [-0.1, -0.05) is 11.2 Å². The number of rotatable bonds is 1. The number of aromatic nitrogens is 1. The van der Waals surface area contributed by atoms with E-state index in [4.69, 9.17) is 15.0 Å². The second kappa shape index (κ2) is 3.64. The van der Waals surface area contributed by atoms with E-state index in [1.807, 2.05) is 0 Å². The molecule has 0 spiro atoms. The first-order valence-electron chi connectivity index (χ1n) is 5.03. The van der Waals surface area contributed by atoms with Crippen LogP contribution >= 0.6 is 0 Å². The highest BCUT2D eigenvalue weighted by molar-refractivity contribution is 7.92. The molecule has 3 N–H and O–H groups in total. The molecule has 0 aliphatic carbocycles. The fourth-order valence-corrected chi connectivity index (χ4v) is 2.54. The smallest absolute Gasteiger partial charge is 0.268 e. The van der Waals surface area contributed by atoms with E-state index in [2.05, 4.69) is 9.88 Å². The van der Waals surface area contributed by atoms with Gasteiger partial charge in [-0.2, -0.15) is 0 Å². The summed E-state index contributed by atoms with van der Waals surface area (Å²) < 4.78 is 35.1. The lowest BCUT2D eigenvalue weighted by molar-refractivity contribution is 0.374. The Bertz CT molecular complexity index is 708. The number of nitrogens with one attached hydrogen (secondary N) is 1. The molecule has 0 unspecified atom stereocenters. The van der Waals surface area contributed by atoms with Crippen molar-refractivity contribution in [2.24, 2.45) is 0 Å². The van der Waals surface area contributed by atoms with Crippen molar-refractivity contribution in [3.8, 4) is 16.9 Å². The predicted molar refractivity (Wildman–Crippen MR) is 64.4 cm³/mol. The number of benzene rings is 1. The zero-order chi connectivity index (χ0) is 12.8. The van der Waals surface area contributed by atoms with Gasteiger partial charge in [0.1, 0.15) is 5.75 Å². The zero-order valence-corrected chi connectivity index (χ0v) is 9.90. The number of nitrogen functional groups attached to an aromatic ring is 1. The number of nitrogens with two attached hydrogens (primary N) is 1. The standard InChI is InChI=1S/C10H9N3O4S/c11-10-7(4-12-17-10)6-1-2-9-8(3-6)13-18(14,15)5-16-9/h1-4,13H,5,11H2. The summed E-state index contributed by atoms with van der Waals surface area (Å²) in [5, 5.41) is 3.57. The van der Waals surface area contributed by atoms with Crippen LogP contribution in [0, 0.1) is 0 Å². The minimum atomic E-state index is -3.43. The number of hydrogen-bond donors (Lipinski definition) is 2. The van der Waals surface area contributed by atoms with Gasteiger partial charge in [-0.25, -0.2) is 8.42 Å². The third-order valence-corrected chi connectivity index (χ3v) is 3.48. The third kappa shape index (κ3) is 1.76. The van der Waals surface area contributed by atoms with Gasteiger partial charge < -0.3 is 15.0 Å². The molecular formula is C10H9N3O4S. The molecule has 18 heavy (non-hydrogen) atoms. The molecule has 1 aliphatic heterocycles. The molecular weight excluding hydrogens is 258 g/mol. The molecule has 1 aliphatic rings. The van der Waals surface area contributed by atoms with Crippen LogP contribution in [0.1, 0.15) is 0 Å². The van der Waals surface area contributed by atoms with Crippen molar-refractivity contribution in [1.29, 1.82) is 0 Å². The Kier molecular flexibility index (Phi) is 2.20. The lowest BCUT2D eigenvalue weighted by atomic mass is 10.1. The van der Waals surface area contributed by atoms with E-state index in [1.54, 1.807) is 18.2 Å². The zero-order valence-electron chi connectivity index (χ0n) is 9.08. The lowest BCUT2D eigenvalue weighted by Crippen LogP contribution is -2.25. The number of nitrogens with zero attached hydrogens (tertiary/aromatic N) is 1. The minimum Gasteiger partial charge on any atom is -0.474 e. The van der Waals surface area contributed by atoms with Gasteiger partial charge in [0.15, 0.2) is 0 Å². The molecule has 2 heterocycles. The van der Waals surface area contributed by atoms with Crippen molar-refractivity contribution < 1.29 is 17.7 Å². The summed E-state index contributed by atoms with van der Waals surface area (Å²) in [6, 6.07) is 5.04. The molecule has 0 saturated heterocycles. The molecule has 3 rings (SSSR count). The minimum absolute atomic E-state index is 0.175. The first-order valence-corrected chi connectivity index (χ1v) is 6.68. The number of fused-ring (bicyclic) bond motifs is 1. The Morgan fingerprint density at radius 2 is 2.22 bits per heavy atom. The maximum Gasteiger partial charge on any atom is 0.268 e. The van der Waals surface area contributed by atoms with Crippen molar-refractivity contribution in [1.82, 2.24) is 5.16 Å². The van der Waals surface area contributed by atoms with Crippen LogP contribution in [-0.2, 0) is 10.0 Å². The Balaban J connectivity index is 2.09. The van der Waals surface area contributed by atoms with Crippen molar-refractivity contribution >= 4 is 21.6 Å². The van der Waals surface area contributed by atoms with Gasteiger partial charge in [-0.05, 0) is 17.7 Å². The Hall–Kier alpha value is -2.22. The van der Waals surface area contributed by atoms with Crippen LogP contribution in [-0.4, -0.2) is 19.5 Å². The van der Waals surface area contributed by atoms with E-state index in [1.165, 1.54) is 6.20 Å². The van der Waals surface area contributed by atoms with Gasteiger partial charge in [0.2, 0.25) is 11.8 Å². The molecule has 2 aromatic rings. The van der Waals surface area contributed by atoms with Crippen LogP contribution in [0.5, 0.6) is 5.75 Å². The Morgan fingerprint density at radius 3 is 2.94 bits per heavy atom. The van der Waals surface area contributed by atoms with Crippen LogP contribution in [0.2, 0.25) is 0 Å². The van der Waals surface area contributed by atoms with Crippen LogP contribution in [0.4, 0.5) is 11.6 Å². The van der Waals surface area contributed by atoms with Gasteiger partial charge in [0.05, 0.1) is 17.4 Å². The lowest BCUT2D eigenvalue weighted by Gasteiger charge is -2.19. The monoisotopic (exact) mass is 267 g/mol. The van der Waals surface area contributed by atoms with Gasteiger partial charge in [-0.15, -0.1) is 0 Å². The highest BCUT2D eigenvalue weighted by Crippen LogP contribution is 2.35. The van der Waals surface area contributed by atoms with Gasteiger partial charge in [0, 0.05) is 0 Å². The number of anilines is 2. The molecule has 0 saturated carbocycles. The van der Waals surface area contributed by atoms with E-state index < -0.39 is 10.0 Å². The number of sulfonamides is 1. The quantitative estimate of drug-likeness (QED) is 0.798. The van der Waals surface area contributed by atoms with E-state index in [9.17, 15) is 8.42 Å². The van der Waals surface area contributed by atoms with Crippen molar-refractivity contribution in [2.75, 3.05) is 16.4 Å². The van der Waals surface area contributed by atoms with E-state index in [0.717, 1.165) is 0 Å². The fourth-order valence-electron chi connectivity index (χ4n) is 1.71. The molecule has 1 aromatic heterocycles. The molecule has 0 amide bonds. The molecule has 1 aromatic carbocycles. The van der Waals surface area contributed by atoms with Gasteiger partial charge in [-0.3, -0.25) is 4.72 Å². The van der Waals surface area contributed by atoms with Crippen molar-refractivity contribution in [3.05, 3.63) is 24.4 Å². The summed E-state index contributed by atoms with van der Waals surface area (Å²) >= 11 is 0. The van der Waals surface area contributed by atoms with Crippen molar-refractivity contribution in [3.63, 3.8) is 0 Å². The first kappa shape index (κ1) is 10.9. The predicted octanol–water partition coefficient (Wildman–Crippen LogP) is 1.02. The molecule has 0 bridgehead atoms. The number of hydrogen-bond acceptors (Lipinski definition) is 6. The summed E-state index contributed by atoms with van der Waals surface area (Å²) in [6.45, 7) is 0. The molecule has 0 atom stereocenters. The third-order valence-electron chi connectivity index (χ3n) is 2.52. The average Bonchev–Trinajstić information content (AvgIpc) is 2.73. The Morgan fingerprint density at radius 1 is 1.39 bits per heavy atom. The normalized spacial score (nSPS) is 16.4. The van der Waals surface area contributed by atoms with Crippen LogP contribution < -0.4 is 15.2 Å². The largest absolute Gasteiger partial charge is 0.474 e. The topological polar surface area (TPSA) is 107 Å². The summed E-state index contributed by atoms with van der Waals surface area (Å²) in [7, 11) is -3.43. The maximum atomic E-state index is 11.4. The van der Waals surface area contributed by atoms with E-state index in [-0.39, 0.29) is 11.8 Å². The van der Waals surface area contributed by atoms with Crippen LogP contribution in [0.3, 0.4) is 0 Å². The van der Waals surface area contributed by atoms with E-state index in [0.29, 0.717) is 22.6 Å². The molecule has 0 radical (unpaired) electrons. The maximum absolute atomic E-state index is 11.4. The second-order valence-electron chi connectivity index (χ2n) is 3.79. The number of ether oxygens (including phenoxy) is 1. The van der Waals surface area contributed by atoms with Gasteiger partial charge in [0.25, 0.3) is 10.0 Å². The SMILES string of the molecule is Nc1oncc1-c1ccc2c(c1)NS(=O)(=O)CO2. The summed E-state index contributed by atoms with van der Waals surface area (Å²) in [6.07, 6.45) is 1.47. The Labute approximate surface area is 103 Å². The highest BCUT2D eigenvalue weighted by Gasteiger charge is 2.22. The summed E-state index contributed by atoms with van der Waals surface area (Å²) in [5.41, 5.74) is 7.27. The summed E-state index contributed by atoms with van der Waals surface area (Å²) in [5.74, 6) is 0.271. The first-order chi connectivity index (χ1) is 8.55. The van der Waals surface area contributed by atoms with Crippen LogP contribution in [0.25, 0.3) is 11.1 Å². The molecule has 0 fully saturated rings. The van der Waals surface area contributed by atoms with E-state index >= 15 is 0 Å². The highest BCUT2D eigenvalue weighted by atomic mass is 32.2. The van der Waals surface area contributed by atoms with Crippen molar-refractivity contribution in [2.45, 2.75) is 0 Å². The fraction of sp³-hybridized carbons (Fsp3) is 0.100. The molecule has 7 nitrogen and oxygen atoms in total. The average molecular weight is 267 g/mol. The molecule has 94 valence electrons. The second-order valence-corrected chi connectivity index (χ2v) is 5.46. The van der Waals surface area contributed by atoms with Crippen LogP contribution in [0.15, 0.2) is 28.9 Å².